The minimum absolute atomic E-state index is 0.0182. The average molecular weight is 392 g/mol. The summed E-state index contributed by atoms with van der Waals surface area (Å²) in [5.74, 6) is 1.05. The molecule has 130 valence electrons. The zero-order chi connectivity index (χ0) is 17.8. The van der Waals surface area contributed by atoms with E-state index in [0.29, 0.717) is 17.3 Å². The Morgan fingerprint density at radius 2 is 2.04 bits per heavy atom. The largest absolute Gasteiger partial charge is 0.351 e. The first-order valence-corrected chi connectivity index (χ1v) is 10.1. The van der Waals surface area contributed by atoms with Gasteiger partial charge in [-0.2, -0.15) is 0 Å². The highest BCUT2D eigenvalue weighted by molar-refractivity contribution is 8.00. The van der Waals surface area contributed by atoms with E-state index >= 15 is 0 Å². The molecule has 1 N–H and O–H groups in total. The van der Waals surface area contributed by atoms with Gasteiger partial charge in [0.25, 0.3) is 0 Å². The first-order chi connectivity index (χ1) is 12.0. The molecule has 1 amide bonds. The lowest BCUT2D eigenvalue weighted by Crippen LogP contribution is -2.24. The Kier molecular flexibility index (Phi) is 5.93. The van der Waals surface area contributed by atoms with Crippen molar-refractivity contribution in [1.82, 2.24) is 15.3 Å². The molecule has 2 aromatic heterocycles. The van der Waals surface area contributed by atoms with Crippen LogP contribution in [0.1, 0.15) is 23.2 Å². The van der Waals surface area contributed by atoms with Gasteiger partial charge in [-0.15, -0.1) is 11.3 Å². The summed E-state index contributed by atoms with van der Waals surface area (Å²) in [5, 5.41) is 5.53. The molecular weight excluding hydrogens is 374 g/mol. The summed E-state index contributed by atoms with van der Waals surface area (Å²) in [7, 11) is 0. The second-order valence-electron chi connectivity index (χ2n) is 5.55. The number of aryl methyl sites for hydroxylation is 2. The summed E-state index contributed by atoms with van der Waals surface area (Å²) in [6, 6.07) is 9.59. The Morgan fingerprint density at radius 1 is 1.28 bits per heavy atom. The Hall–Kier alpha value is -1.63. The van der Waals surface area contributed by atoms with Crippen molar-refractivity contribution in [2.45, 2.75) is 31.8 Å². The SMILES string of the molecule is CCc1cc2c(SCC(=O)NCc3ccc(Cl)cc3)nc(C)nc2s1. The average Bonchev–Trinajstić information content (AvgIpc) is 3.02. The Balaban J connectivity index is 1.62. The minimum atomic E-state index is -0.0182. The molecule has 0 fully saturated rings. The Morgan fingerprint density at radius 3 is 2.76 bits per heavy atom. The molecule has 0 unspecified atom stereocenters. The minimum Gasteiger partial charge on any atom is -0.351 e. The number of rotatable bonds is 6. The molecule has 0 saturated heterocycles. The summed E-state index contributed by atoms with van der Waals surface area (Å²) >= 11 is 9.01. The zero-order valence-electron chi connectivity index (χ0n) is 14.0. The number of nitrogens with one attached hydrogen (secondary N) is 1. The molecule has 3 rings (SSSR count). The van der Waals surface area contributed by atoms with Crippen LogP contribution in [0, 0.1) is 6.92 Å². The maximum absolute atomic E-state index is 12.1. The molecule has 25 heavy (non-hydrogen) atoms. The normalized spacial score (nSPS) is 11.0. The summed E-state index contributed by atoms with van der Waals surface area (Å²) in [6.45, 7) is 4.50. The van der Waals surface area contributed by atoms with Gasteiger partial charge in [-0.1, -0.05) is 42.4 Å². The van der Waals surface area contributed by atoms with Gasteiger partial charge in [0.1, 0.15) is 15.7 Å². The van der Waals surface area contributed by atoms with E-state index in [2.05, 4.69) is 28.3 Å². The van der Waals surface area contributed by atoms with E-state index in [1.54, 1.807) is 11.3 Å². The molecule has 0 radical (unpaired) electrons. The number of aromatic nitrogens is 2. The van der Waals surface area contributed by atoms with Crippen LogP contribution >= 0.6 is 34.7 Å². The molecule has 0 saturated carbocycles. The number of fused-ring (bicyclic) bond motifs is 1. The molecule has 0 aliphatic carbocycles. The van der Waals surface area contributed by atoms with Gasteiger partial charge in [0.15, 0.2) is 0 Å². The molecule has 0 aliphatic rings. The van der Waals surface area contributed by atoms with Crippen LogP contribution in [-0.4, -0.2) is 21.6 Å². The fraction of sp³-hybridized carbons (Fsp3) is 0.278. The summed E-state index contributed by atoms with van der Waals surface area (Å²) in [4.78, 5) is 23.4. The second-order valence-corrected chi connectivity index (χ2v) is 8.07. The molecule has 7 heteroatoms. The maximum atomic E-state index is 12.1. The van der Waals surface area contributed by atoms with Crippen LogP contribution in [0.15, 0.2) is 35.4 Å². The van der Waals surface area contributed by atoms with Gasteiger partial charge in [-0.25, -0.2) is 9.97 Å². The van der Waals surface area contributed by atoms with Crippen LogP contribution in [0.2, 0.25) is 5.02 Å². The van der Waals surface area contributed by atoms with Crippen molar-refractivity contribution in [3.63, 3.8) is 0 Å². The van der Waals surface area contributed by atoms with E-state index < -0.39 is 0 Å². The number of carbonyl (C=O) groups excluding carboxylic acids is 1. The standard InChI is InChI=1S/C18H18ClN3OS2/c1-3-14-8-15-17(21-11(2)22-18(15)25-14)24-10-16(23)20-9-12-4-6-13(19)7-5-12/h4-8H,3,9-10H2,1-2H3,(H,20,23). The predicted octanol–water partition coefficient (Wildman–Crippen LogP) is 4.62. The van der Waals surface area contributed by atoms with Crippen LogP contribution in [0.5, 0.6) is 0 Å². The van der Waals surface area contributed by atoms with Crippen LogP contribution in [0.4, 0.5) is 0 Å². The van der Waals surface area contributed by atoms with Gasteiger partial charge in [0.05, 0.1) is 5.75 Å². The number of amides is 1. The van der Waals surface area contributed by atoms with Gasteiger partial charge in [0, 0.05) is 21.8 Å². The van der Waals surface area contributed by atoms with E-state index in [-0.39, 0.29) is 5.91 Å². The lowest BCUT2D eigenvalue weighted by atomic mass is 10.2. The monoisotopic (exact) mass is 391 g/mol. The maximum Gasteiger partial charge on any atom is 0.230 e. The van der Waals surface area contributed by atoms with Gasteiger partial charge < -0.3 is 5.32 Å². The molecule has 3 aromatic rings. The summed E-state index contributed by atoms with van der Waals surface area (Å²) in [6.07, 6.45) is 0.978. The molecule has 0 atom stereocenters. The summed E-state index contributed by atoms with van der Waals surface area (Å²) in [5.41, 5.74) is 1.02. The number of thioether (sulfide) groups is 1. The number of nitrogens with zero attached hydrogens (tertiary/aromatic N) is 2. The van der Waals surface area contributed by atoms with Crippen LogP contribution in [0.3, 0.4) is 0 Å². The number of thiophene rings is 1. The number of halogens is 1. The molecule has 1 aromatic carbocycles. The van der Waals surface area contributed by atoms with Gasteiger partial charge in [-0.05, 0) is 37.1 Å². The molecule has 2 heterocycles. The third-order valence-electron chi connectivity index (χ3n) is 3.61. The molecule has 0 spiro atoms. The van der Waals surface area contributed by atoms with Gasteiger partial charge in [0.2, 0.25) is 5.91 Å². The Bertz CT molecular complexity index is 893. The van der Waals surface area contributed by atoms with Crippen LogP contribution < -0.4 is 5.32 Å². The van der Waals surface area contributed by atoms with Crippen molar-refractivity contribution in [3.8, 4) is 0 Å². The van der Waals surface area contributed by atoms with Crippen LogP contribution in [0.25, 0.3) is 10.2 Å². The molecular formula is C18H18ClN3OS2. The number of hydrogen-bond donors (Lipinski definition) is 1. The Labute approximate surface area is 160 Å². The lowest BCUT2D eigenvalue weighted by molar-refractivity contribution is -0.118. The first kappa shape index (κ1) is 18.2. The number of benzene rings is 1. The van der Waals surface area contributed by atoms with Crippen LogP contribution in [-0.2, 0) is 17.8 Å². The molecule has 4 nitrogen and oxygen atoms in total. The third kappa shape index (κ3) is 4.71. The van der Waals surface area contributed by atoms with Crippen molar-refractivity contribution in [3.05, 3.63) is 51.6 Å². The number of carbonyl (C=O) groups is 1. The number of hydrogen-bond acceptors (Lipinski definition) is 5. The zero-order valence-corrected chi connectivity index (χ0v) is 16.4. The highest BCUT2D eigenvalue weighted by Crippen LogP contribution is 2.31. The second kappa shape index (κ2) is 8.17. The first-order valence-electron chi connectivity index (χ1n) is 7.96. The summed E-state index contributed by atoms with van der Waals surface area (Å²) < 4.78 is 0. The fourth-order valence-electron chi connectivity index (χ4n) is 2.32. The van der Waals surface area contributed by atoms with Crippen molar-refractivity contribution < 1.29 is 4.79 Å². The molecule has 0 aliphatic heterocycles. The van der Waals surface area contributed by atoms with Crippen molar-refractivity contribution in [1.29, 1.82) is 0 Å². The van der Waals surface area contributed by atoms with Crippen molar-refractivity contribution >= 4 is 50.8 Å². The van der Waals surface area contributed by atoms with Crippen molar-refractivity contribution in [2.24, 2.45) is 0 Å². The van der Waals surface area contributed by atoms with E-state index in [1.165, 1.54) is 16.6 Å². The molecule has 0 bridgehead atoms. The van der Waals surface area contributed by atoms with Crippen molar-refractivity contribution in [2.75, 3.05) is 5.75 Å². The van der Waals surface area contributed by atoms with E-state index in [1.807, 2.05) is 31.2 Å². The van der Waals surface area contributed by atoms with E-state index in [9.17, 15) is 4.79 Å². The fourth-order valence-corrected chi connectivity index (χ4v) is 4.40. The lowest BCUT2D eigenvalue weighted by Gasteiger charge is -2.06. The highest BCUT2D eigenvalue weighted by atomic mass is 35.5. The topological polar surface area (TPSA) is 54.9 Å². The van der Waals surface area contributed by atoms with Gasteiger partial charge >= 0.3 is 0 Å². The predicted molar refractivity (Wildman–Crippen MR) is 106 cm³/mol. The smallest absolute Gasteiger partial charge is 0.230 e. The highest BCUT2D eigenvalue weighted by Gasteiger charge is 2.12. The van der Waals surface area contributed by atoms with E-state index in [0.717, 1.165) is 33.1 Å². The third-order valence-corrected chi connectivity index (χ3v) is 6.03. The quantitative estimate of drug-likeness (QED) is 0.492. The van der Waals surface area contributed by atoms with Gasteiger partial charge in [-0.3, -0.25) is 4.79 Å². The van der Waals surface area contributed by atoms with E-state index in [4.69, 9.17) is 11.6 Å².